The molecule has 0 radical (unpaired) electrons. The van der Waals surface area contributed by atoms with Crippen LogP contribution in [0.25, 0.3) is 11.3 Å². The van der Waals surface area contributed by atoms with Crippen molar-refractivity contribution in [3.63, 3.8) is 0 Å². The zero-order valence-electron chi connectivity index (χ0n) is 6.77. The second-order valence-electron chi connectivity index (χ2n) is 2.60. The van der Waals surface area contributed by atoms with Gasteiger partial charge in [0.15, 0.2) is 0 Å². The van der Waals surface area contributed by atoms with Gasteiger partial charge in [0.25, 0.3) is 0 Å². The lowest BCUT2D eigenvalue weighted by atomic mass is 10.1. The van der Waals surface area contributed by atoms with Gasteiger partial charge in [-0.1, -0.05) is 29.5 Å². The molecule has 1 aromatic carbocycles. The van der Waals surface area contributed by atoms with Gasteiger partial charge in [0.1, 0.15) is 12.0 Å². The van der Waals surface area contributed by atoms with Crippen molar-refractivity contribution < 1.29 is 4.79 Å². The minimum atomic E-state index is 0.659. The first kappa shape index (κ1) is 7.67. The molecule has 4 nitrogen and oxygen atoms in total. The molecule has 2 aromatic rings. The van der Waals surface area contributed by atoms with E-state index >= 15 is 0 Å². The van der Waals surface area contributed by atoms with Gasteiger partial charge < -0.3 is 0 Å². The van der Waals surface area contributed by atoms with E-state index in [9.17, 15) is 4.79 Å². The van der Waals surface area contributed by atoms with Gasteiger partial charge in [-0.2, -0.15) is 0 Å². The van der Waals surface area contributed by atoms with E-state index < -0.39 is 0 Å². The molecular formula is C9H7N3O. The van der Waals surface area contributed by atoms with Crippen molar-refractivity contribution in [2.45, 2.75) is 0 Å². The zero-order chi connectivity index (χ0) is 9.10. The summed E-state index contributed by atoms with van der Waals surface area (Å²) in [5.74, 6) is 0. The summed E-state index contributed by atoms with van der Waals surface area (Å²) in [7, 11) is 0. The third-order valence-corrected chi connectivity index (χ3v) is 1.76. The van der Waals surface area contributed by atoms with Gasteiger partial charge in [0.2, 0.25) is 0 Å². The molecule has 0 saturated heterocycles. The third-order valence-electron chi connectivity index (χ3n) is 1.76. The van der Waals surface area contributed by atoms with Gasteiger partial charge in [-0.25, -0.2) is 0 Å². The van der Waals surface area contributed by atoms with Crippen LogP contribution in [0.4, 0.5) is 0 Å². The van der Waals surface area contributed by atoms with Crippen molar-refractivity contribution in [2.75, 3.05) is 0 Å². The predicted molar refractivity (Wildman–Crippen MR) is 47.2 cm³/mol. The van der Waals surface area contributed by atoms with Crippen molar-refractivity contribution >= 4 is 6.29 Å². The fraction of sp³-hybridized carbons (Fsp3) is 0. The topological polar surface area (TPSA) is 58.6 Å². The Morgan fingerprint density at radius 2 is 2.00 bits per heavy atom. The van der Waals surface area contributed by atoms with Crippen molar-refractivity contribution in [3.8, 4) is 11.3 Å². The lowest BCUT2D eigenvalue weighted by molar-refractivity contribution is 0.112. The van der Waals surface area contributed by atoms with Gasteiger partial charge >= 0.3 is 0 Å². The molecule has 0 atom stereocenters. The first-order valence-electron chi connectivity index (χ1n) is 3.82. The summed E-state index contributed by atoms with van der Waals surface area (Å²) in [5.41, 5.74) is 2.38. The first-order chi connectivity index (χ1) is 6.40. The van der Waals surface area contributed by atoms with Crippen molar-refractivity contribution in [1.82, 2.24) is 15.4 Å². The van der Waals surface area contributed by atoms with Crippen molar-refractivity contribution in [1.29, 1.82) is 0 Å². The Kier molecular flexibility index (Phi) is 1.88. The highest BCUT2D eigenvalue weighted by Crippen LogP contribution is 2.14. The van der Waals surface area contributed by atoms with Gasteiger partial charge in [-0.15, -0.1) is 5.10 Å². The maximum absolute atomic E-state index is 10.4. The van der Waals surface area contributed by atoms with E-state index in [1.165, 1.54) is 0 Å². The number of carbonyl (C=O) groups excluding carboxylic acids is 1. The highest BCUT2D eigenvalue weighted by atomic mass is 16.1. The summed E-state index contributed by atoms with van der Waals surface area (Å²) in [4.78, 5) is 10.4. The van der Waals surface area contributed by atoms with E-state index in [2.05, 4.69) is 15.4 Å². The first-order valence-corrected chi connectivity index (χ1v) is 3.82. The van der Waals surface area contributed by atoms with Crippen LogP contribution in [0.3, 0.4) is 0 Å². The molecule has 1 N–H and O–H groups in total. The predicted octanol–water partition coefficient (Wildman–Crippen LogP) is 1.28. The third kappa shape index (κ3) is 1.46. The Morgan fingerprint density at radius 3 is 2.54 bits per heavy atom. The molecule has 0 saturated carbocycles. The normalized spacial score (nSPS) is 9.85. The van der Waals surface area contributed by atoms with E-state index in [1.54, 1.807) is 18.3 Å². The largest absolute Gasteiger partial charge is 0.298 e. The molecule has 0 aliphatic carbocycles. The molecular weight excluding hydrogens is 166 g/mol. The van der Waals surface area contributed by atoms with Crippen LogP contribution in [0.2, 0.25) is 0 Å². The molecule has 0 amide bonds. The average Bonchev–Trinajstić information content (AvgIpc) is 2.71. The Bertz CT molecular complexity index is 391. The SMILES string of the molecule is O=Cc1ccc(-c2c[nH]nn2)cc1. The fourth-order valence-electron chi connectivity index (χ4n) is 1.08. The van der Waals surface area contributed by atoms with E-state index in [4.69, 9.17) is 0 Å². The second kappa shape index (κ2) is 3.18. The van der Waals surface area contributed by atoms with Crippen LogP contribution in [0.5, 0.6) is 0 Å². The van der Waals surface area contributed by atoms with Crippen LogP contribution in [0.1, 0.15) is 10.4 Å². The number of aromatic amines is 1. The summed E-state index contributed by atoms with van der Waals surface area (Å²) >= 11 is 0. The minimum absolute atomic E-state index is 0.659. The van der Waals surface area contributed by atoms with E-state index in [1.807, 2.05) is 12.1 Å². The Labute approximate surface area is 74.6 Å². The summed E-state index contributed by atoms with van der Waals surface area (Å²) in [6.45, 7) is 0. The van der Waals surface area contributed by atoms with Gasteiger partial charge in [0, 0.05) is 17.3 Å². The number of nitrogens with one attached hydrogen (secondary N) is 1. The Morgan fingerprint density at radius 1 is 1.23 bits per heavy atom. The fourth-order valence-corrected chi connectivity index (χ4v) is 1.08. The molecule has 0 fully saturated rings. The quantitative estimate of drug-likeness (QED) is 0.696. The molecule has 0 aliphatic heterocycles. The number of rotatable bonds is 2. The maximum Gasteiger partial charge on any atom is 0.150 e. The number of aromatic nitrogens is 3. The lowest BCUT2D eigenvalue weighted by Gasteiger charge is -1.94. The second-order valence-corrected chi connectivity index (χ2v) is 2.60. The molecule has 13 heavy (non-hydrogen) atoms. The number of aldehydes is 1. The van der Waals surface area contributed by atoms with Crippen LogP contribution >= 0.6 is 0 Å². The number of nitrogens with zero attached hydrogens (tertiary/aromatic N) is 2. The Hall–Kier alpha value is -1.97. The smallest absolute Gasteiger partial charge is 0.150 e. The number of H-pyrrole nitrogens is 1. The number of benzene rings is 1. The summed E-state index contributed by atoms with van der Waals surface area (Å²) in [5, 5.41) is 10.1. The average molecular weight is 173 g/mol. The molecule has 1 aromatic heterocycles. The van der Waals surface area contributed by atoms with Crippen LogP contribution in [-0.2, 0) is 0 Å². The van der Waals surface area contributed by atoms with Crippen LogP contribution in [0.15, 0.2) is 30.5 Å². The minimum Gasteiger partial charge on any atom is -0.298 e. The summed E-state index contributed by atoms with van der Waals surface area (Å²) < 4.78 is 0. The van der Waals surface area contributed by atoms with Crippen LogP contribution in [0, 0.1) is 0 Å². The molecule has 0 aliphatic rings. The number of hydrogen-bond donors (Lipinski definition) is 1. The molecule has 2 rings (SSSR count). The van der Waals surface area contributed by atoms with Gasteiger partial charge in [-0.05, 0) is 0 Å². The molecule has 0 unspecified atom stereocenters. The molecule has 64 valence electrons. The van der Waals surface area contributed by atoms with Crippen LogP contribution < -0.4 is 0 Å². The zero-order valence-corrected chi connectivity index (χ0v) is 6.77. The lowest BCUT2D eigenvalue weighted by Crippen LogP contribution is -1.81. The molecule has 4 heteroatoms. The van der Waals surface area contributed by atoms with Crippen LogP contribution in [-0.4, -0.2) is 21.7 Å². The van der Waals surface area contributed by atoms with E-state index in [-0.39, 0.29) is 0 Å². The molecule has 0 spiro atoms. The number of hydrogen-bond acceptors (Lipinski definition) is 3. The standard InChI is InChI=1S/C9H7N3O/c13-6-7-1-3-8(4-2-7)9-5-10-12-11-9/h1-6H,(H,10,11,12). The molecule has 1 heterocycles. The Balaban J connectivity index is 2.38. The number of carbonyl (C=O) groups is 1. The maximum atomic E-state index is 10.4. The van der Waals surface area contributed by atoms with Crippen molar-refractivity contribution in [3.05, 3.63) is 36.0 Å². The monoisotopic (exact) mass is 173 g/mol. The van der Waals surface area contributed by atoms with Gasteiger partial charge in [-0.3, -0.25) is 9.89 Å². The van der Waals surface area contributed by atoms with E-state index in [0.717, 1.165) is 17.5 Å². The highest BCUT2D eigenvalue weighted by Gasteiger charge is 1.99. The van der Waals surface area contributed by atoms with Crippen molar-refractivity contribution in [2.24, 2.45) is 0 Å². The summed E-state index contributed by atoms with van der Waals surface area (Å²) in [6.07, 6.45) is 2.52. The molecule has 0 bridgehead atoms. The van der Waals surface area contributed by atoms with E-state index in [0.29, 0.717) is 5.56 Å². The van der Waals surface area contributed by atoms with Gasteiger partial charge in [0.05, 0.1) is 0 Å². The summed E-state index contributed by atoms with van der Waals surface area (Å²) in [6, 6.07) is 7.16. The highest BCUT2D eigenvalue weighted by molar-refractivity contribution is 5.76.